The second-order valence-corrected chi connectivity index (χ2v) is 4.63. The summed E-state index contributed by atoms with van der Waals surface area (Å²) >= 11 is 0. The molecule has 0 aromatic heterocycles. The number of benzene rings is 2. The lowest BCUT2D eigenvalue weighted by Crippen LogP contribution is -2.05. The minimum atomic E-state index is 0.0851. The van der Waals surface area contributed by atoms with E-state index in [2.05, 4.69) is 18.7 Å². The smallest absolute Gasteiger partial charge is 0.163 e. The number of ketones is 1. The van der Waals surface area contributed by atoms with E-state index < -0.39 is 0 Å². The lowest BCUT2D eigenvalue weighted by Gasteiger charge is -2.12. The highest BCUT2D eigenvalue weighted by Crippen LogP contribution is 2.23. The van der Waals surface area contributed by atoms with Crippen LogP contribution in [0.5, 0.6) is 0 Å². The van der Waals surface area contributed by atoms with E-state index in [-0.39, 0.29) is 11.7 Å². The Morgan fingerprint density at radius 3 is 2.20 bits per heavy atom. The molecular formula is C19H18O. The van der Waals surface area contributed by atoms with Crippen molar-refractivity contribution in [1.29, 1.82) is 0 Å². The Bertz CT molecular complexity index is 582. The van der Waals surface area contributed by atoms with Crippen LogP contribution in [0.25, 0.3) is 0 Å². The van der Waals surface area contributed by atoms with Crippen molar-refractivity contribution in [2.45, 2.75) is 12.3 Å². The van der Waals surface area contributed by atoms with Crippen molar-refractivity contribution in [2.24, 2.45) is 0 Å². The minimum Gasteiger partial charge on any atom is -0.294 e. The molecule has 100 valence electrons. The topological polar surface area (TPSA) is 17.1 Å². The van der Waals surface area contributed by atoms with Crippen molar-refractivity contribution in [1.82, 2.24) is 0 Å². The van der Waals surface area contributed by atoms with Gasteiger partial charge in [0.25, 0.3) is 0 Å². The quantitative estimate of drug-likeness (QED) is 0.540. The first-order chi connectivity index (χ1) is 9.81. The van der Waals surface area contributed by atoms with Gasteiger partial charge in [0.2, 0.25) is 0 Å². The lowest BCUT2D eigenvalue weighted by molar-refractivity contribution is 0.0978. The molecule has 0 fully saturated rings. The van der Waals surface area contributed by atoms with Crippen molar-refractivity contribution in [2.75, 3.05) is 0 Å². The standard InChI is InChI=1S/C19H18O/c1-2-3-10-18(16-11-6-4-7-12-16)15-19(20)17-13-8-5-9-14-17/h2-14,18H,1,15H2/b10-3+. The molecule has 2 aromatic rings. The minimum absolute atomic E-state index is 0.0851. The van der Waals surface area contributed by atoms with E-state index in [1.165, 1.54) is 0 Å². The average molecular weight is 262 g/mol. The van der Waals surface area contributed by atoms with Gasteiger partial charge in [0.1, 0.15) is 0 Å². The fraction of sp³-hybridized carbons (Fsp3) is 0.105. The summed E-state index contributed by atoms with van der Waals surface area (Å²) in [5.41, 5.74) is 1.91. The van der Waals surface area contributed by atoms with Crippen LogP contribution in [-0.2, 0) is 0 Å². The maximum atomic E-state index is 12.3. The number of Topliss-reactive ketones (excluding diaryl/α,β-unsaturated/α-hetero) is 1. The van der Waals surface area contributed by atoms with E-state index >= 15 is 0 Å². The lowest BCUT2D eigenvalue weighted by atomic mass is 9.91. The van der Waals surface area contributed by atoms with Gasteiger partial charge in [0, 0.05) is 17.9 Å². The molecule has 0 radical (unpaired) electrons. The zero-order valence-corrected chi connectivity index (χ0v) is 11.4. The third-order valence-electron chi connectivity index (χ3n) is 3.21. The zero-order valence-electron chi connectivity index (χ0n) is 11.4. The molecular weight excluding hydrogens is 244 g/mol. The van der Waals surface area contributed by atoms with E-state index in [4.69, 9.17) is 0 Å². The fourth-order valence-electron chi connectivity index (χ4n) is 2.15. The molecule has 0 aliphatic carbocycles. The Kier molecular flexibility index (Phi) is 5.08. The van der Waals surface area contributed by atoms with Crippen LogP contribution >= 0.6 is 0 Å². The maximum Gasteiger partial charge on any atom is 0.163 e. The summed E-state index contributed by atoms with van der Waals surface area (Å²) in [4.78, 5) is 12.3. The van der Waals surface area contributed by atoms with Crippen LogP contribution in [0.1, 0.15) is 28.3 Å². The first-order valence-corrected chi connectivity index (χ1v) is 6.73. The van der Waals surface area contributed by atoms with Gasteiger partial charge in [-0.3, -0.25) is 4.79 Å². The molecule has 0 spiro atoms. The average Bonchev–Trinajstić information content (AvgIpc) is 2.53. The Labute approximate surface area is 120 Å². The second-order valence-electron chi connectivity index (χ2n) is 4.63. The highest BCUT2D eigenvalue weighted by molar-refractivity contribution is 5.96. The van der Waals surface area contributed by atoms with Gasteiger partial charge in [-0.05, 0) is 5.56 Å². The number of hydrogen-bond donors (Lipinski definition) is 0. The predicted molar refractivity (Wildman–Crippen MR) is 83.9 cm³/mol. The van der Waals surface area contributed by atoms with Crippen LogP contribution < -0.4 is 0 Å². The largest absolute Gasteiger partial charge is 0.294 e. The molecule has 0 heterocycles. The summed E-state index contributed by atoms with van der Waals surface area (Å²) in [6.45, 7) is 3.69. The van der Waals surface area contributed by atoms with Crippen LogP contribution in [0.15, 0.2) is 85.5 Å². The van der Waals surface area contributed by atoms with Crippen molar-refractivity contribution in [3.05, 3.63) is 96.6 Å². The Morgan fingerprint density at radius 2 is 1.60 bits per heavy atom. The number of allylic oxidation sites excluding steroid dienone is 3. The summed E-state index contributed by atoms with van der Waals surface area (Å²) in [6, 6.07) is 19.5. The van der Waals surface area contributed by atoms with Crippen LogP contribution in [-0.4, -0.2) is 5.78 Å². The van der Waals surface area contributed by atoms with E-state index in [9.17, 15) is 4.79 Å². The molecule has 1 heteroatoms. The Hall–Kier alpha value is -2.41. The van der Waals surface area contributed by atoms with E-state index in [1.54, 1.807) is 6.08 Å². The Balaban J connectivity index is 2.19. The van der Waals surface area contributed by atoms with Gasteiger partial charge in [-0.25, -0.2) is 0 Å². The summed E-state index contributed by atoms with van der Waals surface area (Å²) in [6.07, 6.45) is 6.14. The van der Waals surface area contributed by atoms with Gasteiger partial charge in [0.15, 0.2) is 5.78 Å². The maximum absolute atomic E-state index is 12.3. The fourth-order valence-corrected chi connectivity index (χ4v) is 2.15. The van der Waals surface area contributed by atoms with E-state index in [1.807, 2.05) is 60.7 Å². The van der Waals surface area contributed by atoms with Gasteiger partial charge in [0.05, 0.1) is 0 Å². The van der Waals surface area contributed by atoms with Crippen LogP contribution in [0.4, 0.5) is 0 Å². The molecule has 0 aliphatic rings. The van der Waals surface area contributed by atoms with Crippen molar-refractivity contribution < 1.29 is 4.79 Å². The molecule has 0 amide bonds. The predicted octanol–water partition coefficient (Wildman–Crippen LogP) is 4.79. The number of hydrogen-bond acceptors (Lipinski definition) is 1. The molecule has 0 saturated heterocycles. The van der Waals surface area contributed by atoms with Gasteiger partial charge in [-0.15, -0.1) is 0 Å². The summed E-state index contributed by atoms with van der Waals surface area (Å²) in [5.74, 6) is 0.245. The number of rotatable bonds is 6. The van der Waals surface area contributed by atoms with E-state index in [0.29, 0.717) is 6.42 Å². The number of carbonyl (C=O) groups is 1. The van der Waals surface area contributed by atoms with Gasteiger partial charge in [-0.2, -0.15) is 0 Å². The summed E-state index contributed by atoms with van der Waals surface area (Å²) < 4.78 is 0. The highest BCUT2D eigenvalue weighted by atomic mass is 16.1. The molecule has 0 saturated carbocycles. The molecule has 0 N–H and O–H groups in total. The molecule has 2 rings (SSSR count). The van der Waals surface area contributed by atoms with Crippen LogP contribution in [0, 0.1) is 0 Å². The monoisotopic (exact) mass is 262 g/mol. The summed E-state index contributed by atoms with van der Waals surface area (Å²) in [5, 5.41) is 0. The molecule has 0 aliphatic heterocycles. The van der Waals surface area contributed by atoms with Crippen LogP contribution in [0.3, 0.4) is 0 Å². The van der Waals surface area contributed by atoms with Gasteiger partial charge < -0.3 is 0 Å². The molecule has 2 aromatic carbocycles. The molecule has 20 heavy (non-hydrogen) atoms. The second kappa shape index (κ2) is 7.25. The van der Waals surface area contributed by atoms with E-state index in [0.717, 1.165) is 11.1 Å². The third kappa shape index (κ3) is 3.79. The van der Waals surface area contributed by atoms with Crippen LogP contribution in [0.2, 0.25) is 0 Å². The Morgan fingerprint density at radius 1 is 1.00 bits per heavy atom. The SMILES string of the molecule is C=C/C=C/C(CC(=O)c1ccccc1)c1ccccc1. The zero-order chi connectivity index (χ0) is 14.2. The third-order valence-corrected chi connectivity index (χ3v) is 3.21. The molecule has 1 nitrogen and oxygen atoms in total. The highest BCUT2D eigenvalue weighted by Gasteiger charge is 2.14. The van der Waals surface area contributed by atoms with Crippen molar-refractivity contribution in [3.8, 4) is 0 Å². The normalized spacial score (nSPS) is 12.2. The van der Waals surface area contributed by atoms with Gasteiger partial charge >= 0.3 is 0 Å². The van der Waals surface area contributed by atoms with Crippen molar-refractivity contribution >= 4 is 5.78 Å². The summed E-state index contributed by atoms with van der Waals surface area (Å²) in [7, 11) is 0. The van der Waals surface area contributed by atoms with Crippen molar-refractivity contribution in [3.63, 3.8) is 0 Å². The van der Waals surface area contributed by atoms with Gasteiger partial charge in [-0.1, -0.05) is 85.5 Å². The molecule has 1 atom stereocenters. The first kappa shape index (κ1) is 14.0. The first-order valence-electron chi connectivity index (χ1n) is 6.73. The number of carbonyl (C=O) groups excluding carboxylic acids is 1. The molecule has 1 unspecified atom stereocenters. The molecule has 0 bridgehead atoms.